The fourth-order valence-corrected chi connectivity index (χ4v) is 4.19. The molecule has 1 N–H and O–H groups in total. The average Bonchev–Trinajstić information content (AvgIpc) is 2.35. The fourth-order valence-electron chi connectivity index (χ4n) is 4.19. The van der Waals surface area contributed by atoms with E-state index in [0.717, 1.165) is 30.7 Å². The maximum Gasteiger partial charge on any atom is 0.0116 e. The van der Waals surface area contributed by atoms with Gasteiger partial charge in [-0.2, -0.15) is 0 Å². The van der Waals surface area contributed by atoms with E-state index in [-0.39, 0.29) is 0 Å². The summed E-state index contributed by atoms with van der Waals surface area (Å²) in [6, 6.07) is 3.21. The van der Waals surface area contributed by atoms with Gasteiger partial charge < -0.3 is 10.2 Å². The van der Waals surface area contributed by atoms with Crippen LogP contribution in [0.3, 0.4) is 0 Å². The van der Waals surface area contributed by atoms with Gasteiger partial charge >= 0.3 is 0 Å². The third-order valence-electron chi connectivity index (χ3n) is 5.03. The molecule has 2 aliphatic heterocycles. The first-order valence-corrected chi connectivity index (χ1v) is 8.27. The second kappa shape index (κ2) is 7.05. The lowest BCUT2D eigenvalue weighted by Gasteiger charge is -2.52. The molecule has 0 aromatic heterocycles. The van der Waals surface area contributed by atoms with Gasteiger partial charge in [-0.05, 0) is 66.2 Å². The van der Waals surface area contributed by atoms with E-state index >= 15 is 0 Å². The molecule has 2 fully saturated rings. The molecule has 3 unspecified atom stereocenters. The van der Waals surface area contributed by atoms with Crippen LogP contribution in [0.1, 0.15) is 52.4 Å². The minimum Gasteiger partial charge on any atom is -0.314 e. The Morgan fingerprint density at radius 2 is 1.84 bits per heavy atom. The molecule has 3 heteroatoms. The maximum absolute atomic E-state index is 3.69. The van der Waals surface area contributed by atoms with Gasteiger partial charge in [0.05, 0.1) is 0 Å². The van der Waals surface area contributed by atoms with Gasteiger partial charge in [0.2, 0.25) is 0 Å². The number of rotatable bonds is 6. The molecule has 2 rings (SSSR count). The molecule has 2 heterocycles. The largest absolute Gasteiger partial charge is 0.314 e. The van der Waals surface area contributed by atoms with Crippen LogP contribution in [0.25, 0.3) is 0 Å². The zero-order valence-corrected chi connectivity index (χ0v) is 13.4. The Labute approximate surface area is 119 Å². The second-order valence-electron chi connectivity index (χ2n) is 6.85. The molecule has 112 valence electrons. The first-order valence-electron chi connectivity index (χ1n) is 8.27. The van der Waals surface area contributed by atoms with Gasteiger partial charge in [0, 0.05) is 24.2 Å². The van der Waals surface area contributed by atoms with Crippen molar-refractivity contribution in [1.82, 2.24) is 15.1 Å². The molecule has 2 bridgehead atoms. The van der Waals surface area contributed by atoms with Crippen molar-refractivity contribution < 1.29 is 0 Å². The van der Waals surface area contributed by atoms with Crippen molar-refractivity contribution in [2.75, 3.05) is 27.2 Å². The number of fused-ring (bicyclic) bond motifs is 2. The van der Waals surface area contributed by atoms with E-state index in [1.165, 1.54) is 45.1 Å². The van der Waals surface area contributed by atoms with E-state index in [4.69, 9.17) is 0 Å². The lowest BCUT2D eigenvalue weighted by atomic mass is 9.80. The molecule has 0 radical (unpaired) electrons. The quantitative estimate of drug-likeness (QED) is 0.797. The number of nitrogens with zero attached hydrogens (tertiary/aromatic N) is 2. The van der Waals surface area contributed by atoms with Crippen LogP contribution in [-0.2, 0) is 0 Å². The standard InChI is InChI=1S/C16H33N3/c1-5-17-14-11-15-7-6-8-16(12-14)19(15)13(2)9-10-18(3)4/h13-17H,5-12H2,1-4H3. The molecule has 0 amide bonds. The van der Waals surface area contributed by atoms with Crippen LogP contribution >= 0.6 is 0 Å². The number of hydrogen-bond donors (Lipinski definition) is 1. The van der Waals surface area contributed by atoms with Crippen LogP contribution in [-0.4, -0.2) is 61.2 Å². The van der Waals surface area contributed by atoms with Crippen molar-refractivity contribution in [2.45, 2.75) is 76.5 Å². The van der Waals surface area contributed by atoms with Crippen molar-refractivity contribution in [3.05, 3.63) is 0 Å². The van der Waals surface area contributed by atoms with Crippen LogP contribution in [0, 0.1) is 0 Å². The van der Waals surface area contributed by atoms with Crippen molar-refractivity contribution in [3.8, 4) is 0 Å². The van der Waals surface area contributed by atoms with Gasteiger partial charge in [0.25, 0.3) is 0 Å². The minimum atomic E-state index is 0.750. The topological polar surface area (TPSA) is 18.5 Å². The summed E-state index contributed by atoms with van der Waals surface area (Å²) in [6.45, 7) is 7.03. The fraction of sp³-hybridized carbons (Fsp3) is 1.00. The van der Waals surface area contributed by atoms with Gasteiger partial charge in [-0.1, -0.05) is 13.3 Å². The summed E-state index contributed by atoms with van der Waals surface area (Å²) in [5, 5.41) is 3.69. The summed E-state index contributed by atoms with van der Waals surface area (Å²) in [5.74, 6) is 0. The maximum atomic E-state index is 3.69. The van der Waals surface area contributed by atoms with E-state index in [2.05, 4.69) is 43.1 Å². The highest BCUT2D eigenvalue weighted by Gasteiger charge is 2.39. The molecule has 2 saturated heterocycles. The summed E-state index contributed by atoms with van der Waals surface area (Å²) < 4.78 is 0. The molecule has 0 saturated carbocycles. The monoisotopic (exact) mass is 267 g/mol. The first-order chi connectivity index (χ1) is 9.11. The predicted octanol–water partition coefficient (Wildman–Crippen LogP) is 2.32. The normalized spacial score (nSPS) is 33.6. The summed E-state index contributed by atoms with van der Waals surface area (Å²) >= 11 is 0. The zero-order valence-electron chi connectivity index (χ0n) is 13.4. The van der Waals surface area contributed by atoms with E-state index in [0.29, 0.717) is 0 Å². The highest BCUT2D eigenvalue weighted by Crippen LogP contribution is 2.36. The Kier molecular flexibility index (Phi) is 5.67. The average molecular weight is 267 g/mol. The van der Waals surface area contributed by atoms with Gasteiger partial charge in [0.1, 0.15) is 0 Å². The lowest BCUT2D eigenvalue weighted by molar-refractivity contribution is -0.00902. The molecule has 0 aromatic rings. The Bertz CT molecular complexity index is 253. The zero-order chi connectivity index (χ0) is 13.8. The Morgan fingerprint density at radius 1 is 1.21 bits per heavy atom. The van der Waals surface area contributed by atoms with Crippen molar-refractivity contribution in [1.29, 1.82) is 0 Å². The van der Waals surface area contributed by atoms with E-state index in [1.54, 1.807) is 0 Å². The molecule has 19 heavy (non-hydrogen) atoms. The smallest absolute Gasteiger partial charge is 0.0116 e. The first kappa shape index (κ1) is 15.3. The van der Waals surface area contributed by atoms with Gasteiger partial charge in [-0.15, -0.1) is 0 Å². The number of piperidine rings is 2. The third kappa shape index (κ3) is 3.93. The number of hydrogen-bond acceptors (Lipinski definition) is 3. The Balaban J connectivity index is 1.93. The van der Waals surface area contributed by atoms with Crippen LogP contribution in [0.4, 0.5) is 0 Å². The van der Waals surface area contributed by atoms with Gasteiger partial charge in [-0.3, -0.25) is 4.90 Å². The molecule has 0 spiro atoms. The third-order valence-corrected chi connectivity index (χ3v) is 5.03. The van der Waals surface area contributed by atoms with Crippen LogP contribution in [0.15, 0.2) is 0 Å². The summed E-state index contributed by atoms with van der Waals surface area (Å²) in [5.41, 5.74) is 0. The molecule has 3 nitrogen and oxygen atoms in total. The molecule has 0 aromatic carbocycles. The van der Waals surface area contributed by atoms with Crippen molar-refractivity contribution in [2.24, 2.45) is 0 Å². The SMILES string of the molecule is CCNC1CC2CCCC(C1)N2C(C)CCN(C)C. The predicted molar refractivity (Wildman–Crippen MR) is 82.6 cm³/mol. The van der Waals surface area contributed by atoms with Gasteiger partial charge in [-0.25, -0.2) is 0 Å². The highest BCUT2D eigenvalue weighted by molar-refractivity contribution is 4.96. The Hall–Kier alpha value is -0.120. The molecule has 0 aliphatic carbocycles. The van der Waals surface area contributed by atoms with Crippen molar-refractivity contribution >= 4 is 0 Å². The lowest BCUT2D eigenvalue weighted by Crippen LogP contribution is -2.59. The molecule has 2 aliphatic rings. The summed E-state index contributed by atoms with van der Waals surface area (Å²) in [7, 11) is 4.37. The Morgan fingerprint density at radius 3 is 2.37 bits per heavy atom. The van der Waals surface area contributed by atoms with Crippen LogP contribution in [0.5, 0.6) is 0 Å². The minimum absolute atomic E-state index is 0.750. The van der Waals surface area contributed by atoms with Crippen LogP contribution < -0.4 is 5.32 Å². The number of nitrogens with one attached hydrogen (secondary N) is 1. The van der Waals surface area contributed by atoms with Crippen LogP contribution in [0.2, 0.25) is 0 Å². The van der Waals surface area contributed by atoms with E-state index in [1.807, 2.05) is 0 Å². The summed E-state index contributed by atoms with van der Waals surface area (Å²) in [6.07, 6.45) is 8.35. The van der Waals surface area contributed by atoms with E-state index < -0.39 is 0 Å². The summed E-state index contributed by atoms with van der Waals surface area (Å²) in [4.78, 5) is 5.19. The second-order valence-corrected chi connectivity index (χ2v) is 6.85. The highest BCUT2D eigenvalue weighted by atomic mass is 15.2. The van der Waals surface area contributed by atoms with Gasteiger partial charge in [0.15, 0.2) is 0 Å². The van der Waals surface area contributed by atoms with E-state index in [9.17, 15) is 0 Å². The molecule has 3 atom stereocenters. The molecular weight excluding hydrogens is 234 g/mol. The van der Waals surface area contributed by atoms with Crippen molar-refractivity contribution in [3.63, 3.8) is 0 Å². The molecular formula is C16H33N3.